The highest BCUT2D eigenvalue weighted by Gasteiger charge is 2.36. The Morgan fingerprint density at radius 1 is 1.40 bits per heavy atom. The summed E-state index contributed by atoms with van der Waals surface area (Å²) in [5.41, 5.74) is 1.26. The minimum absolute atomic E-state index is 0.0251. The second kappa shape index (κ2) is 7.55. The smallest absolute Gasteiger partial charge is 0.311 e. The summed E-state index contributed by atoms with van der Waals surface area (Å²) in [5, 5.41) is 3.78. The number of nitrogens with zero attached hydrogens (tertiary/aromatic N) is 2. The molecule has 0 aliphatic carbocycles. The van der Waals surface area contributed by atoms with Gasteiger partial charge in [0.15, 0.2) is 15.9 Å². The molecule has 9 heteroatoms. The lowest BCUT2D eigenvalue weighted by molar-refractivity contribution is -0.159. The summed E-state index contributed by atoms with van der Waals surface area (Å²) in [6.07, 6.45) is -0.582. The Balaban J connectivity index is 1.97. The van der Waals surface area contributed by atoms with Crippen LogP contribution in [0.25, 0.3) is 0 Å². The van der Waals surface area contributed by atoms with Crippen LogP contribution in [0, 0.1) is 13.8 Å². The van der Waals surface area contributed by atoms with Gasteiger partial charge in [-0.3, -0.25) is 9.59 Å². The number of likely N-dealkylation sites (N-methyl/N-ethyl adjacent to an activating group) is 1. The van der Waals surface area contributed by atoms with Crippen LogP contribution in [0.2, 0.25) is 0 Å². The number of carbonyl (C=O) groups excluding carboxylic acids is 2. The molecule has 140 valence electrons. The highest BCUT2D eigenvalue weighted by Crippen LogP contribution is 2.19. The zero-order chi connectivity index (χ0) is 18.8. The molecule has 1 aliphatic heterocycles. The molecule has 1 amide bonds. The maximum absolute atomic E-state index is 12.6. The standard InChI is InChI=1S/C16H24N2O6S/c1-5-18(13-6-7-25(21,22)9-13)16(20)12(4)23-15(19)8-14-10(2)17-24-11(14)3/h12-13H,5-9H2,1-4H3. The summed E-state index contributed by atoms with van der Waals surface area (Å²) >= 11 is 0. The van der Waals surface area contributed by atoms with Gasteiger partial charge in [-0.2, -0.15) is 0 Å². The number of ether oxygens (including phenoxy) is 1. The lowest BCUT2D eigenvalue weighted by Gasteiger charge is -2.29. The maximum atomic E-state index is 12.6. The van der Waals surface area contributed by atoms with Crippen LogP contribution in [0.1, 0.15) is 37.3 Å². The topological polar surface area (TPSA) is 107 Å². The summed E-state index contributed by atoms with van der Waals surface area (Å²) < 4.78 is 33.5. The van der Waals surface area contributed by atoms with Crippen LogP contribution in [-0.2, 0) is 30.6 Å². The summed E-state index contributed by atoms with van der Waals surface area (Å²) in [5.74, 6) is -0.338. The summed E-state index contributed by atoms with van der Waals surface area (Å²) in [6, 6.07) is -0.355. The van der Waals surface area contributed by atoms with Crippen molar-refractivity contribution in [2.45, 2.75) is 52.7 Å². The SMILES string of the molecule is CCN(C(=O)C(C)OC(=O)Cc1c(C)noc1C)C1CCS(=O)(=O)C1. The molecule has 25 heavy (non-hydrogen) atoms. The molecule has 0 bridgehead atoms. The van der Waals surface area contributed by atoms with E-state index in [2.05, 4.69) is 5.16 Å². The van der Waals surface area contributed by atoms with Crippen molar-refractivity contribution >= 4 is 21.7 Å². The van der Waals surface area contributed by atoms with Crippen LogP contribution < -0.4 is 0 Å². The largest absolute Gasteiger partial charge is 0.452 e. The Labute approximate surface area is 147 Å². The second-order valence-corrected chi connectivity index (χ2v) is 8.52. The van der Waals surface area contributed by atoms with Crippen molar-refractivity contribution < 1.29 is 27.3 Å². The number of sulfone groups is 1. The molecule has 0 spiro atoms. The van der Waals surface area contributed by atoms with Gasteiger partial charge in [-0.1, -0.05) is 5.16 Å². The third-order valence-corrected chi connectivity index (χ3v) is 6.18. The predicted molar refractivity (Wildman–Crippen MR) is 89.7 cm³/mol. The Hall–Kier alpha value is -1.90. The molecule has 2 heterocycles. The fourth-order valence-electron chi connectivity index (χ4n) is 3.04. The highest BCUT2D eigenvalue weighted by molar-refractivity contribution is 7.91. The van der Waals surface area contributed by atoms with Crippen LogP contribution in [0.4, 0.5) is 0 Å². The number of carbonyl (C=O) groups is 2. The van der Waals surface area contributed by atoms with Crippen molar-refractivity contribution in [3.63, 3.8) is 0 Å². The zero-order valence-corrected chi connectivity index (χ0v) is 15.8. The normalized spacial score (nSPS) is 20.2. The molecule has 0 aromatic carbocycles. The molecule has 0 radical (unpaired) electrons. The van der Waals surface area contributed by atoms with E-state index in [1.807, 2.05) is 0 Å². The molecular formula is C16H24N2O6S. The number of amides is 1. The monoisotopic (exact) mass is 372 g/mol. The van der Waals surface area contributed by atoms with Gasteiger partial charge in [-0.15, -0.1) is 0 Å². The van der Waals surface area contributed by atoms with Crippen molar-refractivity contribution in [3.05, 3.63) is 17.0 Å². The van der Waals surface area contributed by atoms with E-state index in [1.165, 1.54) is 11.8 Å². The molecule has 1 saturated heterocycles. The van der Waals surface area contributed by atoms with E-state index in [1.54, 1.807) is 20.8 Å². The quantitative estimate of drug-likeness (QED) is 0.680. The van der Waals surface area contributed by atoms with E-state index in [0.29, 0.717) is 30.0 Å². The first-order valence-electron chi connectivity index (χ1n) is 8.26. The molecule has 0 saturated carbocycles. The van der Waals surface area contributed by atoms with E-state index in [-0.39, 0.29) is 29.9 Å². The van der Waals surface area contributed by atoms with Gasteiger partial charge in [0.2, 0.25) is 0 Å². The van der Waals surface area contributed by atoms with Gasteiger partial charge < -0.3 is 14.2 Å². The number of esters is 1. The molecule has 2 atom stereocenters. The number of hydrogen-bond donors (Lipinski definition) is 0. The molecule has 8 nitrogen and oxygen atoms in total. The average molecular weight is 372 g/mol. The summed E-state index contributed by atoms with van der Waals surface area (Å²) in [7, 11) is -3.10. The Morgan fingerprint density at radius 3 is 2.56 bits per heavy atom. The number of rotatable bonds is 6. The predicted octanol–water partition coefficient (Wildman–Crippen LogP) is 0.801. The van der Waals surface area contributed by atoms with Gasteiger partial charge in [0.1, 0.15) is 5.76 Å². The van der Waals surface area contributed by atoms with Gasteiger partial charge in [0.05, 0.1) is 23.6 Å². The minimum atomic E-state index is -3.10. The first-order valence-corrected chi connectivity index (χ1v) is 10.1. The van der Waals surface area contributed by atoms with Gasteiger partial charge in [0, 0.05) is 18.2 Å². The van der Waals surface area contributed by atoms with Crippen molar-refractivity contribution in [2.75, 3.05) is 18.1 Å². The van der Waals surface area contributed by atoms with Gasteiger partial charge in [0.25, 0.3) is 5.91 Å². The third kappa shape index (κ3) is 4.59. The Kier molecular flexibility index (Phi) is 5.87. The van der Waals surface area contributed by atoms with Crippen molar-refractivity contribution in [1.82, 2.24) is 10.1 Å². The van der Waals surface area contributed by atoms with E-state index in [9.17, 15) is 18.0 Å². The number of aromatic nitrogens is 1. The fourth-order valence-corrected chi connectivity index (χ4v) is 4.77. The third-order valence-electron chi connectivity index (χ3n) is 4.43. The first-order chi connectivity index (χ1) is 11.6. The Morgan fingerprint density at radius 2 is 2.08 bits per heavy atom. The fraction of sp³-hybridized carbons (Fsp3) is 0.688. The van der Waals surface area contributed by atoms with E-state index in [4.69, 9.17) is 9.26 Å². The molecule has 1 fully saturated rings. The van der Waals surface area contributed by atoms with E-state index in [0.717, 1.165) is 0 Å². The zero-order valence-electron chi connectivity index (χ0n) is 14.9. The molecular weight excluding hydrogens is 348 g/mol. The second-order valence-electron chi connectivity index (χ2n) is 6.29. The Bertz CT molecular complexity index is 735. The summed E-state index contributed by atoms with van der Waals surface area (Å²) in [4.78, 5) is 26.2. The van der Waals surface area contributed by atoms with Crippen LogP contribution in [-0.4, -0.2) is 60.5 Å². The number of aryl methyl sites for hydroxylation is 2. The first kappa shape index (κ1) is 19.4. The lowest BCUT2D eigenvalue weighted by atomic mass is 10.1. The molecule has 0 N–H and O–H groups in total. The van der Waals surface area contributed by atoms with Gasteiger partial charge >= 0.3 is 5.97 Å². The average Bonchev–Trinajstić information content (AvgIpc) is 3.04. The van der Waals surface area contributed by atoms with Crippen molar-refractivity contribution in [3.8, 4) is 0 Å². The molecule has 1 aromatic rings. The molecule has 1 aliphatic rings. The van der Waals surface area contributed by atoms with E-state index < -0.39 is 21.9 Å². The maximum Gasteiger partial charge on any atom is 0.311 e. The van der Waals surface area contributed by atoms with Crippen LogP contribution >= 0.6 is 0 Å². The van der Waals surface area contributed by atoms with Crippen LogP contribution in [0.3, 0.4) is 0 Å². The number of hydrogen-bond acceptors (Lipinski definition) is 7. The van der Waals surface area contributed by atoms with Crippen molar-refractivity contribution in [2.24, 2.45) is 0 Å². The van der Waals surface area contributed by atoms with Crippen LogP contribution in [0.5, 0.6) is 0 Å². The molecule has 2 unspecified atom stereocenters. The van der Waals surface area contributed by atoms with Gasteiger partial charge in [-0.05, 0) is 34.1 Å². The minimum Gasteiger partial charge on any atom is -0.452 e. The van der Waals surface area contributed by atoms with E-state index >= 15 is 0 Å². The van der Waals surface area contributed by atoms with Gasteiger partial charge in [-0.25, -0.2) is 8.42 Å². The highest BCUT2D eigenvalue weighted by atomic mass is 32.2. The molecule has 2 rings (SSSR count). The van der Waals surface area contributed by atoms with Crippen molar-refractivity contribution in [1.29, 1.82) is 0 Å². The summed E-state index contributed by atoms with van der Waals surface area (Å²) in [6.45, 7) is 7.08. The molecule has 1 aromatic heterocycles. The lowest BCUT2D eigenvalue weighted by Crippen LogP contribution is -2.46. The van der Waals surface area contributed by atoms with Crippen LogP contribution in [0.15, 0.2) is 4.52 Å².